The summed E-state index contributed by atoms with van der Waals surface area (Å²) in [7, 11) is 1.34. The number of hydrogen-bond acceptors (Lipinski definition) is 7. The van der Waals surface area contributed by atoms with E-state index in [9.17, 15) is 9.59 Å². The van der Waals surface area contributed by atoms with Crippen LogP contribution in [0.3, 0.4) is 0 Å². The molecule has 0 atom stereocenters. The van der Waals surface area contributed by atoms with E-state index in [1.54, 1.807) is 24.3 Å². The van der Waals surface area contributed by atoms with Gasteiger partial charge in [0.2, 0.25) is 11.9 Å². The molecule has 1 amide bonds. The minimum atomic E-state index is -0.401. The van der Waals surface area contributed by atoms with Crippen LogP contribution in [0.25, 0.3) is 0 Å². The van der Waals surface area contributed by atoms with Crippen LogP contribution in [0.15, 0.2) is 29.4 Å². The number of esters is 1. The molecule has 8 nitrogen and oxygen atoms in total. The Hall–Kier alpha value is -2.55. The van der Waals surface area contributed by atoms with Crippen LogP contribution in [0.1, 0.15) is 49.0 Å². The van der Waals surface area contributed by atoms with Crippen LogP contribution in [0.2, 0.25) is 0 Å². The number of hydrogen-bond donors (Lipinski definition) is 1. The number of anilines is 2. The molecule has 0 spiro atoms. The second-order valence-corrected chi connectivity index (χ2v) is 8.90. The SMILES string of the molecule is COC(=O)c1ccc(NC(=O)CSc2nnc(N3CCC(C)CC3)n2C2CC2)cc1. The predicted octanol–water partition coefficient (Wildman–Crippen LogP) is 3.37. The molecule has 0 radical (unpaired) electrons. The molecule has 2 heterocycles. The van der Waals surface area contributed by atoms with Gasteiger partial charge in [-0.3, -0.25) is 9.36 Å². The maximum Gasteiger partial charge on any atom is 0.337 e. The monoisotopic (exact) mass is 429 g/mol. The van der Waals surface area contributed by atoms with Crippen molar-refractivity contribution in [2.24, 2.45) is 5.92 Å². The van der Waals surface area contributed by atoms with Crippen molar-refractivity contribution in [1.82, 2.24) is 14.8 Å². The van der Waals surface area contributed by atoms with Gasteiger partial charge in [-0.05, 0) is 55.9 Å². The van der Waals surface area contributed by atoms with Gasteiger partial charge in [-0.1, -0.05) is 18.7 Å². The Labute approximate surface area is 180 Å². The highest BCUT2D eigenvalue weighted by Crippen LogP contribution is 2.41. The molecule has 1 saturated carbocycles. The quantitative estimate of drug-likeness (QED) is 0.533. The summed E-state index contributed by atoms with van der Waals surface area (Å²) < 4.78 is 6.90. The Morgan fingerprint density at radius 1 is 1.13 bits per heavy atom. The normalized spacial score (nSPS) is 17.1. The molecule has 0 bridgehead atoms. The summed E-state index contributed by atoms with van der Waals surface area (Å²) in [6, 6.07) is 7.09. The van der Waals surface area contributed by atoms with Gasteiger partial charge in [0.15, 0.2) is 5.16 Å². The van der Waals surface area contributed by atoms with Crippen LogP contribution in [-0.4, -0.2) is 52.6 Å². The zero-order valence-electron chi connectivity index (χ0n) is 17.3. The van der Waals surface area contributed by atoms with E-state index in [1.165, 1.54) is 31.7 Å². The van der Waals surface area contributed by atoms with Crippen LogP contribution >= 0.6 is 11.8 Å². The molecule has 2 fully saturated rings. The molecule has 0 unspecified atom stereocenters. The first-order chi connectivity index (χ1) is 14.5. The van der Waals surface area contributed by atoms with E-state index in [2.05, 4.69) is 36.6 Å². The number of benzene rings is 1. The van der Waals surface area contributed by atoms with E-state index in [0.29, 0.717) is 17.3 Å². The Morgan fingerprint density at radius 3 is 2.47 bits per heavy atom. The summed E-state index contributed by atoms with van der Waals surface area (Å²) in [5.74, 6) is 1.44. The van der Waals surface area contributed by atoms with Gasteiger partial charge < -0.3 is 15.0 Å². The molecule has 1 aromatic carbocycles. The second-order valence-electron chi connectivity index (χ2n) is 7.96. The third-order valence-corrected chi connectivity index (χ3v) is 6.49. The molecule has 1 saturated heterocycles. The van der Waals surface area contributed by atoms with Crippen LogP contribution in [0.5, 0.6) is 0 Å². The minimum absolute atomic E-state index is 0.121. The number of aromatic nitrogens is 3. The number of amides is 1. The smallest absolute Gasteiger partial charge is 0.337 e. The molecular formula is C21H27N5O3S. The van der Waals surface area contributed by atoms with Crippen molar-refractivity contribution in [3.63, 3.8) is 0 Å². The van der Waals surface area contributed by atoms with Crippen LogP contribution in [0, 0.1) is 5.92 Å². The van der Waals surface area contributed by atoms with Crippen molar-refractivity contribution < 1.29 is 14.3 Å². The fraction of sp³-hybridized carbons (Fsp3) is 0.524. The number of nitrogens with one attached hydrogen (secondary N) is 1. The van der Waals surface area contributed by atoms with E-state index in [1.807, 2.05) is 0 Å². The second kappa shape index (κ2) is 9.07. The summed E-state index contributed by atoms with van der Waals surface area (Å²) in [6.45, 7) is 4.32. The fourth-order valence-electron chi connectivity index (χ4n) is 3.58. The lowest BCUT2D eigenvalue weighted by atomic mass is 10.00. The molecular weight excluding hydrogens is 402 g/mol. The first-order valence-corrected chi connectivity index (χ1v) is 11.3. The standard InChI is InChI=1S/C21H27N5O3S/c1-14-9-11-25(12-10-14)20-23-24-21(26(20)17-7-8-17)30-13-18(27)22-16-5-3-15(4-6-16)19(28)29-2/h3-6,14,17H,7-13H2,1-2H3,(H,22,27). The maximum absolute atomic E-state index is 12.4. The molecule has 2 aromatic rings. The Kier molecular flexibility index (Phi) is 6.26. The zero-order chi connectivity index (χ0) is 21.1. The lowest BCUT2D eigenvalue weighted by molar-refractivity contribution is -0.113. The number of nitrogens with zero attached hydrogens (tertiary/aromatic N) is 4. The van der Waals surface area contributed by atoms with Gasteiger partial charge in [-0.2, -0.15) is 0 Å². The van der Waals surface area contributed by atoms with E-state index < -0.39 is 5.97 Å². The number of rotatable bonds is 7. The third kappa shape index (κ3) is 4.77. The van der Waals surface area contributed by atoms with Gasteiger partial charge in [-0.15, -0.1) is 10.2 Å². The van der Waals surface area contributed by atoms with Crippen molar-refractivity contribution in [2.45, 2.75) is 43.8 Å². The fourth-order valence-corrected chi connectivity index (χ4v) is 4.38. The van der Waals surface area contributed by atoms with Gasteiger partial charge in [0, 0.05) is 24.8 Å². The highest BCUT2D eigenvalue weighted by molar-refractivity contribution is 7.99. The minimum Gasteiger partial charge on any atom is -0.465 e. The number of carbonyl (C=O) groups is 2. The number of piperidine rings is 1. The van der Waals surface area contributed by atoms with Gasteiger partial charge in [0.1, 0.15) is 0 Å². The predicted molar refractivity (Wildman–Crippen MR) is 116 cm³/mol. The van der Waals surface area contributed by atoms with Gasteiger partial charge in [0.05, 0.1) is 18.4 Å². The lowest BCUT2D eigenvalue weighted by Crippen LogP contribution is -2.34. The molecule has 1 aliphatic heterocycles. The van der Waals surface area contributed by atoms with Crippen molar-refractivity contribution in [2.75, 3.05) is 36.2 Å². The molecule has 4 rings (SSSR count). The lowest BCUT2D eigenvalue weighted by Gasteiger charge is -2.31. The first-order valence-electron chi connectivity index (χ1n) is 10.4. The number of thioether (sulfide) groups is 1. The van der Waals surface area contributed by atoms with Gasteiger partial charge in [-0.25, -0.2) is 4.79 Å². The van der Waals surface area contributed by atoms with Crippen LogP contribution in [-0.2, 0) is 9.53 Å². The van der Waals surface area contributed by atoms with Crippen molar-refractivity contribution >= 4 is 35.3 Å². The van der Waals surface area contributed by atoms with Crippen LogP contribution < -0.4 is 10.2 Å². The number of methoxy groups -OCH3 is 1. The average Bonchev–Trinajstić information content (AvgIpc) is 3.52. The van der Waals surface area contributed by atoms with Crippen LogP contribution in [0.4, 0.5) is 11.6 Å². The van der Waals surface area contributed by atoms with Gasteiger partial charge >= 0.3 is 5.97 Å². The topological polar surface area (TPSA) is 89.3 Å². The number of carbonyl (C=O) groups excluding carboxylic acids is 2. The van der Waals surface area contributed by atoms with Gasteiger partial charge in [0.25, 0.3) is 0 Å². The highest BCUT2D eigenvalue weighted by Gasteiger charge is 2.32. The summed E-state index contributed by atoms with van der Waals surface area (Å²) in [4.78, 5) is 26.2. The molecule has 9 heteroatoms. The Morgan fingerprint density at radius 2 is 1.83 bits per heavy atom. The largest absolute Gasteiger partial charge is 0.465 e. The third-order valence-electron chi connectivity index (χ3n) is 5.55. The highest BCUT2D eigenvalue weighted by atomic mass is 32.2. The van der Waals surface area contributed by atoms with E-state index in [-0.39, 0.29) is 11.7 Å². The van der Waals surface area contributed by atoms with E-state index in [4.69, 9.17) is 0 Å². The Bertz CT molecular complexity index is 902. The summed E-state index contributed by atoms with van der Waals surface area (Å²) in [5.41, 5.74) is 1.09. The first kappa shape index (κ1) is 20.7. The molecule has 1 aliphatic carbocycles. The van der Waals surface area contributed by atoms with E-state index in [0.717, 1.165) is 43.0 Å². The molecule has 1 aromatic heterocycles. The average molecular weight is 430 g/mol. The zero-order valence-corrected chi connectivity index (χ0v) is 18.2. The molecule has 160 valence electrons. The van der Waals surface area contributed by atoms with E-state index >= 15 is 0 Å². The van der Waals surface area contributed by atoms with Crippen molar-refractivity contribution in [3.05, 3.63) is 29.8 Å². The summed E-state index contributed by atoms with van der Waals surface area (Å²) >= 11 is 1.42. The van der Waals surface area contributed by atoms with Crippen molar-refractivity contribution in [1.29, 1.82) is 0 Å². The van der Waals surface area contributed by atoms with Crippen molar-refractivity contribution in [3.8, 4) is 0 Å². The maximum atomic E-state index is 12.4. The molecule has 1 N–H and O–H groups in total. The Balaban J connectivity index is 1.36. The summed E-state index contributed by atoms with van der Waals surface area (Å²) in [5, 5.41) is 12.5. The summed E-state index contributed by atoms with van der Waals surface area (Å²) in [6.07, 6.45) is 4.64. The number of ether oxygens (including phenoxy) is 1. The molecule has 30 heavy (non-hydrogen) atoms. The molecule has 2 aliphatic rings.